The highest BCUT2D eigenvalue weighted by molar-refractivity contribution is 7.48. The molecule has 5 heteroatoms. The Balaban J connectivity index is 1.69. The molecule has 0 saturated heterocycles. The molecule has 0 unspecified atom stereocenters. The van der Waals surface area contributed by atoms with Crippen molar-refractivity contribution >= 4 is 29.4 Å². The second-order valence-corrected chi connectivity index (χ2v) is 6.91. The van der Waals surface area contributed by atoms with Gasteiger partial charge in [0.15, 0.2) is 0 Å². The highest BCUT2D eigenvalue weighted by atomic mass is 31.2. The molecule has 0 aliphatic rings. The van der Waals surface area contributed by atoms with Crippen LogP contribution in [0.25, 0.3) is 21.5 Å². The predicted octanol–water partition coefficient (Wildman–Crippen LogP) is 5.55. The van der Waals surface area contributed by atoms with Gasteiger partial charge in [-0.25, -0.2) is 4.57 Å². The summed E-state index contributed by atoms with van der Waals surface area (Å²) < 4.78 is 23.3. The molecule has 4 aromatic rings. The number of phosphoric ester groups is 1. The Morgan fingerprint density at radius 2 is 1.00 bits per heavy atom. The molecule has 0 aliphatic heterocycles. The third-order valence-corrected chi connectivity index (χ3v) is 4.78. The van der Waals surface area contributed by atoms with Gasteiger partial charge in [-0.2, -0.15) is 0 Å². The average Bonchev–Trinajstić information content (AvgIpc) is 2.62. The molecule has 0 radical (unpaired) electrons. The van der Waals surface area contributed by atoms with Crippen molar-refractivity contribution in [3.8, 4) is 11.5 Å². The SMILES string of the molecule is O=P(O)(Oc1cccc2ccccc12)Oc1cccc2ccccc12. The lowest BCUT2D eigenvalue weighted by Gasteiger charge is -2.16. The van der Waals surface area contributed by atoms with E-state index in [1.54, 1.807) is 24.3 Å². The summed E-state index contributed by atoms with van der Waals surface area (Å²) in [4.78, 5) is 10.3. The zero-order chi connectivity index (χ0) is 17.3. The molecule has 1 N–H and O–H groups in total. The minimum Gasteiger partial charge on any atom is -0.395 e. The molecule has 0 spiro atoms. The van der Waals surface area contributed by atoms with E-state index in [1.807, 2.05) is 60.7 Å². The first-order valence-electron chi connectivity index (χ1n) is 7.80. The molecule has 4 aromatic carbocycles. The minimum absolute atomic E-state index is 0.309. The zero-order valence-corrected chi connectivity index (χ0v) is 14.1. The van der Waals surface area contributed by atoms with Crippen LogP contribution < -0.4 is 9.05 Å². The molecule has 0 aliphatic carbocycles. The van der Waals surface area contributed by atoms with Crippen LogP contribution in [0.4, 0.5) is 0 Å². The van der Waals surface area contributed by atoms with Gasteiger partial charge in [-0.1, -0.05) is 72.8 Å². The van der Waals surface area contributed by atoms with Gasteiger partial charge in [0.05, 0.1) is 0 Å². The van der Waals surface area contributed by atoms with Crippen LogP contribution in [-0.4, -0.2) is 4.89 Å². The van der Waals surface area contributed by atoms with E-state index in [4.69, 9.17) is 9.05 Å². The maximum absolute atomic E-state index is 12.6. The molecule has 0 amide bonds. The second kappa shape index (κ2) is 6.25. The molecule has 0 atom stereocenters. The normalized spacial score (nSPS) is 11.6. The van der Waals surface area contributed by atoms with Crippen molar-refractivity contribution in [1.82, 2.24) is 0 Å². The Labute approximate surface area is 144 Å². The molecule has 0 bridgehead atoms. The van der Waals surface area contributed by atoms with Crippen molar-refractivity contribution < 1.29 is 18.5 Å². The van der Waals surface area contributed by atoms with Gasteiger partial charge in [0.2, 0.25) is 0 Å². The minimum atomic E-state index is -4.35. The summed E-state index contributed by atoms with van der Waals surface area (Å²) in [7, 11) is -4.35. The van der Waals surface area contributed by atoms with Gasteiger partial charge >= 0.3 is 7.82 Å². The third kappa shape index (κ3) is 3.22. The number of phosphoric acid groups is 1. The first kappa shape index (κ1) is 15.7. The van der Waals surface area contributed by atoms with Crippen molar-refractivity contribution in [1.29, 1.82) is 0 Å². The van der Waals surface area contributed by atoms with Gasteiger partial charge in [0, 0.05) is 10.8 Å². The molecule has 0 heterocycles. The fraction of sp³-hybridized carbons (Fsp3) is 0. The maximum atomic E-state index is 12.6. The van der Waals surface area contributed by atoms with Crippen LogP contribution in [0.3, 0.4) is 0 Å². The molecule has 0 fully saturated rings. The monoisotopic (exact) mass is 350 g/mol. The number of rotatable bonds is 4. The number of hydrogen-bond donors (Lipinski definition) is 1. The summed E-state index contributed by atoms with van der Waals surface area (Å²) in [6.07, 6.45) is 0. The van der Waals surface area contributed by atoms with Gasteiger partial charge in [-0.3, -0.25) is 4.89 Å². The van der Waals surface area contributed by atoms with E-state index in [2.05, 4.69) is 0 Å². The Morgan fingerprint density at radius 1 is 0.600 bits per heavy atom. The first-order chi connectivity index (χ1) is 12.1. The van der Waals surface area contributed by atoms with Gasteiger partial charge < -0.3 is 9.05 Å². The van der Waals surface area contributed by atoms with Crippen molar-refractivity contribution in [3.63, 3.8) is 0 Å². The summed E-state index contributed by atoms with van der Waals surface area (Å²) in [5.41, 5.74) is 0. The lowest BCUT2D eigenvalue weighted by molar-refractivity contribution is 0.293. The molecule has 0 saturated carbocycles. The third-order valence-electron chi connectivity index (χ3n) is 3.93. The molecular weight excluding hydrogens is 335 g/mol. The van der Waals surface area contributed by atoms with E-state index in [1.165, 1.54) is 0 Å². The summed E-state index contributed by atoms with van der Waals surface area (Å²) in [5.74, 6) is 0.619. The van der Waals surface area contributed by atoms with Crippen LogP contribution in [0.2, 0.25) is 0 Å². The Bertz CT molecular complexity index is 1010. The van der Waals surface area contributed by atoms with Crippen molar-refractivity contribution in [2.24, 2.45) is 0 Å². The van der Waals surface area contributed by atoms with E-state index < -0.39 is 7.82 Å². The van der Waals surface area contributed by atoms with Gasteiger partial charge in [0.1, 0.15) is 11.5 Å². The zero-order valence-electron chi connectivity index (χ0n) is 13.2. The second-order valence-electron chi connectivity index (χ2n) is 5.61. The van der Waals surface area contributed by atoms with Gasteiger partial charge in [-0.05, 0) is 22.9 Å². The Morgan fingerprint density at radius 3 is 1.48 bits per heavy atom. The quantitative estimate of drug-likeness (QED) is 0.490. The summed E-state index contributed by atoms with van der Waals surface area (Å²) in [6.45, 7) is 0. The smallest absolute Gasteiger partial charge is 0.395 e. The van der Waals surface area contributed by atoms with E-state index in [9.17, 15) is 9.46 Å². The predicted molar refractivity (Wildman–Crippen MR) is 99.0 cm³/mol. The van der Waals surface area contributed by atoms with Crippen LogP contribution in [0, 0.1) is 0 Å². The van der Waals surface area contributed by atoms with Crippen LogP contribution in [0.5, 0.6) is 11.5 Å². The van der Waals surface area contributed by atoms with Crippen molar-refractivity contribution in [3.05, 3.63) is 84.9 Å². The first-order valence-corrected chi connectivity index (χ1v) is 9.29. The van der Waals surface area contributed by atoms with E-state index in [0.717, 1.165) is 21.5 Å². The lowest BCUT2D eigenvalue weighted by Crippen LogP contribution is -2.00. The summed E-state index contributed by atoms with van der Waals surface area (Å²) in [6, 6.07) is 25.7. The van der Waals surface area contributed by atoms with Gasteiger partial charge in [0.25, 0.3) is 0 Å². The van der Waals surface area contributed by atoms with Crippen molar-refractivity contribution in [2.75, 3.05) is 0 Å². The van der Waals surface area contributed by atoms with E-state index in [-0.39, 0.29) is 0 Å². The number of benzene rings is 4. The Hall–Kier alpha value is -2.81. The molecule has 0 aromatic heterocycles. The average molecular weight is 350 g/mol. The topological polar surface area (TPSA) is 55.8 Å². The molecule has 4 nitrogen and oxygen atoms in total. The van der Waals surface area contributed by atoms with Crippen LogP contribution in [0.15, 0.2) is 84.9 Å². The van der Waals surface area contributed by atoms with Crippen LogP contribution in [0.1, 0.15) is 0 Å². The van der Waals surface area contributed by atoms with Crippen LogP contribution in [-0.2, 0) is 4.57 Å². The number of fused-ring (bicyclic) bond motifs is 2. The fourth-order valence-corrected chi connectivity index (χ4v) is 3.67. The standard InChI is InChI=1S/C20H15O4P/c21-25(22,23-19-13-5-9-15-7-1-3-11-17(15)19)24-20-14-6-10-16-8-2-4-12-18(16)20/h1-14H,(H,21,22). The Kier molecular flexibility index (Phi) is 3.92. The number of hydrogen-bond acceptors (Lipinski definition) is 3. The van der Waals surface area contributed by atoms with Gasteiger partial charge in [-0.15, -0.1) is 0 Å². The molecule has 25 heavy (non-hydrogen) atoms. The maximum Gasteiger partial charge on any atom is 0.584 e. The van der Waals surface area contributed by atoms with Crippen molar-refractivity contribution in [2.45, 2.75) is 0 Å². The lowest BCUT2D eigenvalue weighted by atomic mass is 10.1. The van der Waals surface area contributed by atoms with E-state index >= 15 is 0 Å². The summed E-state index contributed by atoms with van der Waals surface area (Å²) >= 11 is 0. The molecule has 124 valence electrons. The highest BCUT2D eigenvalue weighted by Crippen LogP contribution is 2.47. The molecule has 4 rings (SSSR count). The van der Waals surface area contributed by atoms with E-state index in [0.29, 0.717) is 11.5 Å². The largest absolute Gasteiger partial charge is 0.584 e. The summed E-state index contributed by atoms with van der Waals surface area (Å²) in [5, 5.41) is 3.34. The highest BCUT2D eigenvalue weighted by Gasteiger charge is 2.26. The van der Waals surface area contributed by atoms with Crippen LogP contribution >= 0.6 is 7.82 Å². The molecular formula is C20H15O4P. The fourth-order valence-electron chi connectivity index (χ4n) is 2.82.